The van der Waals surface area contributed by atoms with E-state index >= 15 is 0 Å². The average Bonchev–Trinajstić information content (AvgIpc) is 2.29. The van der Waals surface area contributed by atoms with Crippen molar-refractivity contribution < 1.29 is 28.9 Å². The van der Waals surface area contributed by atoms with Crippen molar-refractivity contribution in [1.29, 1.82) is 0 Å². The SMILES string of the molecule is COc1cc(OC(=O)COC(C)=O)ccc1O. The minimum absolute atomic E-state index is 0.0627. The van der Waals surface area contributed by atoms with Crippen LogP contribution < -0.4 is 9.47 Å². The number of aromatic hydroxyl groups is 1. The third-order valence-corrected chi connectivity index (χ3v) is 1.78. The number of ether oxygens (including phenoxy) is 3. The summed E-state index contributed by atoms with van der Waals surface area (Å²) in [6.45, 7) is 0.732. The van der Waals surface area contributed by atoms with Crippen LogP contribution in [0.3, 0.4) is 0 Å². The van der Waals surface area contributed by atoms with Gasteiger partial charge in [0.2, 0.25) is 0 Å². The second-order valence-corrected chi connectivity index (χ2v) is 3.09. The van der Waals surface area contributed by atoms with Crippen LogP contribution in [0.2, 0.25) is 0 Å². The number of carbonyl (C=O) groups excluding carboxylic acids is 2. The Morgan fingerprint density at radius 3 is 2.65 bits per heavy atom. The molecule has 0 aliphatic carbocycles. The summed E-state index contributed by atoms with van der Waals surface area (Å²) in [4.78, 5) is 21.7. The maximum absolute atomic E-state index is 11.2. The maximum Gasteiger partial charge on any atom is 0.349 e. The van der Waals surface area contributed by atoms with Crippen molar-refractivity contribution in [3.63, 3.8) is 0 Å². The fraction of sp³-hybridized carbons (Fsp3) is 0.273. The van der Waals surface area contributed by atoms with Crippen LogP contribution in [0, 0.1) is 0 Å². The van der Waals surface area contributed by atoms with E-state index in [2.05, 4.69) is 4.74 Å². The molecular weight excluding hydrogens is 228 g/mol. The molecule has 0 fully saturated rings. The Balaban J connectivity index is 2.62. The molecule has 1 rings (SSSR count). The van der Waals surface area contributed by atoms with Crippen molar-refractivity contribution in [2.75, 3.05) is 13.7 Å². The van der Waals surface area contributed by atoms with Gasteiger partial charge in [-0.2, -0.15) is 0 Å². The van der Waals surface area contributed by atoms with Crippen LogP contribution in [0.5, 0.6) is 17.2 Å². The van der Waals surface area contributed by atoms with Crippen molar-refractivity contribution in [1.82, 2.24) is 0 Å². The van der Waals surface area contributed by atoms with Crippen LogP contribution >= 0.6 is 0 Å². The minimum atomic E-state index is -0.715. The highest BCUT2D eigenvalue weighted by molar-refractivity contribution is 5.77. The van der Waals surface area contributed by atoms with Gasteiger partial charge in [0.25, 0.3) is 0 Å². The van der Waals surface area contributed by atoms with Gasteiger partial charge in [-0.25, -0.2) is 4.79 Å². The zero-order valence-electron chi connectivity index (χ0n) is 9.43. The molecule has 1 aromatic carbocycles. The number of phenols is 1. The summed E-state index contributed by atoms with van der Waals surface area (Å²) < 4.78 is 14.2. The largest absolute Gasteiger partial charge is 0.504 e. The summed E-state index contributed by atoms with van der Waals surface area (Å²) in [5.74, 6) is -0.968. The van der Waals surface area contributed by atoms with E-state index in [0.29, 0.717) is 0 Å². The Hall–Kier alpha value is -2.24. The van der Waals surface area contributed by atoms with Crippen LogP contribution in [-0.4, -0.2) is 30.8 Å². The lowest BCUT2D eigenvalue weighted by atomic mass is 10.3. The normalized spacial score (nSPS) is 9.53. The molecule has 0 atom stereocenters. The molecular formula is C11H12O6. The number of esters is 2. The van der Waals surface area contributed by atoms with Crippen molar-refractivity contribution in [2.24, 2.45) is 0 Å². The first-order valence-corrected chi connectivity index (χ1v) is 4.74. The van der Waals surface area contributed by atoms with E-state index in [9.17, 15) is 14.7 Å². The molecule has 0 radical (unpaired) electrons. The number of carbonyl (C=O) groups is 2. The van der Waals surface area contributed by atoms with Crippen LogP contribution in [-0.2, 0) is 14.3 Å². The molecule has 92 valence electrons. The Bertz CT molecular complexity index is 426. The second kappa shape index (κ2) is 5.74. The third-order valence-electron chi connectivity index (χ3n) is 1.78. The van der Waals surface area contributed by atoms with Gasteiger partial charge in [0, 0.05) is 13.0 Å². The molecule has 0 aliphatic heterocycles. The molecule has 0 unspecified atom stereocenters. The first kappa shape index (κ1) is 12.8. The second-order valence-electron chi connectivity index (χ2n) is 3.09. The van der Waals surface area contributed by atoms with E-state index in [1.165, 1.54) is 32.2 Å². The fourth-order valence-corrected chi connectivity index (χ4v) is 1.04. The van der Waals surface area contributed by atoms with Crippen molar-refractivity contribution >= 4 is 11.9 Å². The highest BCUT2D eigenvalue weighted by Crippen LogP contribution is 2.29. The molecule has 0 saturated carbocycles. The Morgan fingerprint density at radius 2 is 2.06 bits per heavy atom. The molecule has 0 aromatic heterocycles. The summed E-state index contributed by atoms with van der Waals surface area (Å²) in [5.41, 5.74) is 0. The zero-order chi connectivity index (χ0) is 12.8. The molecule has 0 spiro atoms. The first-order chi connectivity index (χ1) is 8.02. The van der Waals surface area contributed by atoms with Gasteiger partial charge < -0.3 is 19.3 Å². The molecule has 0 amide bonds. The highest BCUT2D eigenvalue weighted by Gasteiger charge is 2.09. The summed E-state index contributed by atoms with van der Waals surface area (Å²) in [6.07, 6.45) is 0. The van der Waals surface area contributed by atoms with Gasteiger partial charge in [-0.3, -0.25) is 4.79 Å². The number of hydrogen-bond donors (Lipinski definition) is 1. The Morgan fingerprint density at radius 1 is 1.35 bits per heavy atom. The van der Waals surface area contributed by atoms with E-state index in [4.69, 9.17) is 9.47 Å². The van der Waals surface area contributed by atoms with Gasteiger partial charge in [0.1, 0.15) is 5.75 Å². The molecule has 0 heterocycles. The number of benzene rings is 1. The Kier molecular flexibility index (Phi) is 4.33. The topological polar surface area (TPSA) is 82.1 Å². The maximum atomic E-state index is 11.2. The van der Waals surface area contributed by atoms with Crippen LogP contribution in [0.15, 0.2) is 18.2 Å². The van der Waals surface area contributed by atoms with Crippen LogP contribution in [0.25, 0.3) is 0 Å². The molecule has 6 heteroatoms. The van der Waals surface area contributed by atoms with Gasteiger partial charge in [-0.05, 0) is 12.1 Å². The number of methoxy groups -OCH3 is 1. The van der Waals surface area contributed by atoms with E-state index in [0.717, 1.165) is 0 Å². The van der Waals surface area contributed by atoms with Gasteiger partial charge in [-0.1, -0.05) is 0 Å². The smallest absolute Gasteiger partial charge is 0.349 e. The lowest BCUT2D eigenvalue weighted by Crippen LogP contribution is -2.17. The van der Waals surface area contributed by atoms with Gasteiger partial charge in [0.05, 0.1) is 7.11 Å². The van der Waals surface area contributed by atoms with Gasteiger partial charge in [-0.15, -0.1) is 0 Å². The molecule has 6 nitrogen and oxygen atoms in total. The first-order valence-electron chi connectivity index (χ1n) is 4.74. The summed E-state index contributed by atoms with van der Waals surface area (Å²) >= 11 is 0. The monoisotopic (exact) mass is 240 g/mol. The molecule has 0 bridgehead atoms. The average molecular weight is 240 g/mol. The predicted octanol–water partition coefficient (Wildman–Crippen LogP) is 0.869. The van der Waals surface area contributed by atoms with Crippen molar-refractivity contribution in [3.05, 3.63) is 18.2 Å². The highest BCUT2D eigenvalue weighted by atomic mass is 16.6. The number of rotatable bonds is 4. The molecule has 1 N–H and O–H groups in total. The Labute approximate surface area is 97.7 Å². The van der Waals surface area contributed by atoms with Crippen molar-refractivity contribution in [3.8, 4) is 17.2 Å². The van der Waals surface area contributed by atoms with Gasteiger partial charge >= 0.3 is 11.9 Å². The quantitative estimate of drug-likeness (QED) is 0.621. The predicted molar refractivity (Wildman–Crippen MR) is 56.9 cm³/mol. The number of phenolic OH excluding ortho intramolecular Hbond substituents is 1. The fourth-order valence-electron chi connectivity index (χ4n) is 1.04. The number of hydrogen-bond acceptors (Lipinski definition) is 6. The molecule has 17 heavy (non-hydrogen) atoms. The standard InChI is InChI=1S/C11H12O6/c1-7(12)16-6-11(14)17-8-3-4-9(13)10(5-8)15-2/h3-5,13H,6H2,1-2H3. The minimum Gasteiger partial charge on any atom is -0.504 e. The van der Waals surface area contributed by atoms with Gasteiger partial charge in [0.15, 0.2) is 18.1 Å². The summed E-state index contributed by atoms with van der Waals surface area (Å²) in [7, 11) is 1.37. The molecule has 1 aromatic rings. The molecule has 0 saturated heterocycles. The van der Waals surface area contributed by atoms with E-state index in [1.807, 2.05) is 0 Å². The van der Waals surface area contributed by atoms with E-state index in [1.54, 1.807) is 0 Å². The van der Waals surface area contributed by atoms with E-state index < -0.39 is 18.5 Å². The van der Waals surface area contributed by atoms with Crippen molar-refractivity contribution in [2.45, 2.75) is 6.92 Å². The zero-order valence-corrected chi connectivity index (χ0v) is 9.43. The lowest BCUT2D eigenvalue weighted by Gasteiger charge is -2.07. The van der Waals surface area contributed by atoms with Crippen LogP contribution in [0.1, 0.15) is 6.92 Å². The van der Waals surface area contributed by atoms with E-state index in [-0.39, 0.29) is 17.2 Å². The van der Waals surface area contributed by atoms with Crippen LogP contribution in [0.4, 0.5) is 0 Å². The summed E-state index contributed by atoms with van der Waals surface area (Å²) in [5, 5.41) is 9.31. The third kappa shape index (κ3) is 4.02. The lowest BCUT2D eigenvalue weighted by molar-refractivity contribution is -0.152. The molecule has 0 aliphatic rings. The summed E-state index contributed by atoms with van der Waals surface area (Å²) in [6, 6.07) is 4.07.